The lowest BCUT2D eigenvalue weighted by atomic mass is 9.88. The Kier molecular flexibility index (Phi) is 8.44. The van der Waals surface area contributed by atoms with Crippen LogP contribution >= 0.6 is 0 Å². The SMILES string of the molecule is CC(C)[C@@H](C(=O)N1C[C@H](O)C[C@H]1C(=O)N[C@@H](C)c1ccc(-c2c(F)cccc2F)cc1)c1cc(C(C)(C)C)no1. The molecule has 9 heteroatoms. The first-order valence-electron chi connectivity index (χ1n) is 13.6. The second-order valence-electron chi connectivity index (χ2n) is 11.9. The van der Waals surface area contributed by atoms with Gasteiger partial charge < -0.3 is 19.8 Å². The van der Waals surface area contributed by atoms with Crippen LogP contribution in [0.1, 0.15) is 76.9 Å². The van der Waals surface area contributed by atoms with Crippen LogP contribution in [0.5, 0.6) is 0 Å². The molecular weight excluding hydrogens is 516 g/mol. The third-order valence-corrected chi connectivity index (χ3v) is 7.42. The number of benzene rings is 2. The number of aromatic nitrogens is 1. The predicted octanol–water partition coefficient (Wildman–Crippen LogP) is 5.50. The molecule has 7 nitrogen and oxygen atoms in total. The van der Waals surface area contributed by atoms with Gasteiger partial charge >= 0.3 is 0 Å². The summed E-state index contributed by atoms with van der Waals surface area (Å²) in [4.78, 5) is 28.6. The topological polar surface area (TPSA) is 95.7 Å². The van der Waals surface area contributed by atoms with Crippen molar-refractivity contribution in [3.05, 3.63) is 77.2 Å². The van der Waals surface area contributed by atoms with E-state index in [0.717, 1.165) is 11.3 Å². The number of halogens is 2. The Labute approximate surface area is 233 Å². The van der Waals surface area contributed by atoms with E-state index < -0.39 is 41.6 Å². The fourth-order valence-corrected chi connectivity index (χ4v) is 5.11. The van der Waals surface area contributed by atoms with Gasteiger partial charge in [-0.3, -0.25) is 9.59 Å². The number of carbonyl (C=O) groups is 2. The summed E-state index contributed by atoms with van der Waals surface area (Å²) in [5, 5.41) is 17.5. The lowest BCUT2D eigenvalue weighted by molar-refractivity contribution is -0.141. The van der Waals surface area contributed by atoms with Crippen molar-refractivity contribution in [2.75, 3.05) is 6.54 Å². The van der Waals surface area contributed by atoms with E-state index in [-0.39, 0.29) is 35.8 Å². The van der Waals surface area contributed by atoms with Gasteiger partial charge in [0.15, 0.2) is 0 Å². The summed E-state index contributed by atoms with van der Waals surface area (Å²) in [6.07, 6.45) is -0.720. The molecule has 1 aromatic heterocycles. The number of hydrogen-bond acceptors (Lipinski definition) is 5. The second kappa shape index (κ2) is 11.5. The van der Waals surface area contributed by atoms with E-state index in [1.807, 2.05) is 34.6 Å². The number of β-amino-alcohol motifs (C(OH)–C–C–N with tert-alkyl or cyclic N) is 1. The summed E-state index contributed by atoms with van der Waals surface area (Å²) in [6.45, 7) is 11.6. The summed E-state index contributed by atoms with van der Waals surface area (Å²) in [6, 6.07) is 10.8. The number of likely N-dealkylation sites (tertiary alicyclic amines) is 1. The van der Waals surface area contributed by atoms with Crippen LogP contribution in [0.3, 0.4) is 0 Å². The predicted molar refractivity (Wildman–Crippen MR) is 147 cm³/mol. The third-order valence-electron chi connectivity index (χ3n) is 7.42. The standard InChI is InChI=1S/C31H37F2N3O4/c1-17(2)27(25-15-26(35-40-25)31(4,5)6)30(39)36-16-21(37)14-24(36)29(38)34-18(3)19-10-12-20(13-11-19)28-22(32)8-7-9-23(28)33/h7-13,15,17-18,21,24,27,37H,14,16H2,1-6H3,(H,34,38)/t18-,21+,24-,27+/m0/s1. The quantitative estimate of drug-likeness (QED) is 0.403. The van der Waals surface area contributed by atoms with Crippen LogP contribution in [0, 0.1) is 17.6 Å². The Bertz CT molecular complexity index is 1340. The molecule has 0 radical (unpaired) electrons. The first kappa shape index (κ1) is 29.4. The van der Waals surface area contributed by atoms with Crippen LogP contribution in [-0.4, -0.2) is 45.7 Å². The van der Waals surface area contributed by atoms with E-state index >= 15 is 0 Å². The van der Waals surface area contributed by atoms with Crippen molar-refractivity contribution >= 4 is 11.8 Å². The molecule has 0 saturated carbocycles. The summed E-state index contributed by atoms with van der Waals surface area (Å²) < 4.78 is 34.0. The maximum atomic E-state index is 14.2. The van der Waals surface area contributed by atoms with Gasteiger partial charge in [0, 0.05) is 24.4 Å². The Balaban J connectivity index is 1.50. The molecule has 1 aliphatic rings. The molecule has 40 heavy (non-hydrogen) atoms. The van der Waals surface area contributed by atoms with E-state index in [9.17, 15) is 23.5 Å². The highest BCUT2D eigenvalue weighted by Gasteiger charge is 2.43. The fourth-order valence-electron chi connectivity index (χ4n) is 5.11. The molecule has 1 saturated heterocycles. The molecule has 214 valence electrons. The van der Waals surface area contributed by atoms with Gasteiger partial charge in [-0.1, -0.05) is 70.1 Å². The molecule has 2 N–H and O–H groups in total. The molecule has 0 aliphatic carbocycles. The Morgan fingerprint density at radius 1 is 1.07 bits per heavy atom. The molecule has 0 unspecified atom stereocenters. The summed E-state index contributed by atoms with van der Waals surface area (Å²) in [5.74, 6) is -2.36. The number of aliphatic hydroxyl groups excluding tert-OH is 1. The van der Waals surface area contributed by atoms with E-state index in [1.54, 1.807) is 37.3 Å². The van der Waals surface area contributed by atoms with Gasteiger partial charge in [-0.2, -0.15) is 0 Å². The van der Waals surface area contributed by atoms with Crippen LogP contribution in [0.25, 0.3) is 11.1 Å². The first-order chi connectivity index (χ1) is 18.8. The molecule has 2 amide bonds. The number of nitrogens with one attached hydrogen (secondary N) is 1. The normalized spacial score (nSPS) is 19.1. The zero-order valence-corrected chi connectivity index (χ0v) is 23.7. The van der Waals surface area contributed by atoms with Crippen molar-refractivity contribution in [1.29, 1.82) is 0 Å². The minimum absolute atomic E-state index is 0.0394. The van der Waals surface area contributed by atoms with Crippen molar-refractivity contribution in [1.82, 2.24) is 15.4 Å². The average Bonchev–Trinajstić information content (AvgIpc) is 3.51. The summed E-state index contributed by atoms with van der Waals surface area (Å²) in [7, 11) is 0. The number of hydrogen-bond donors (Lipinski definition) is 2. The van der Waals surface area contributed by atoms with Crippen molar-refractivity contribution in [3.63, 3.8) is 0 Å². The van der Waals surface area contributed by atoms with E-state index in [4.69, 9.17) is 4.52 Å². The van der Waals surface area contributed by atoms with E-state index in [0.29, 0.717) is 11.3 Å². The lowest BCUT2D eigenvalue weighted by Gasteiger charge is -2.29. The largest absolute Gasteiger partial charge is 0.391 e. The maximum Gasteiger partial charge on any atom is 0.243 e. The highest BCUT2D eigenvalue weighted by Crippen LogP contribution is 2.33. The molecule has 1 fully saturated rings. The first-order valence-corrected chi connectivity index (χ1v) is 13.6. The average molecular weight is 554 g/mol. The van der Waals surface area contributed by atoms with Crippen molar-refractivity contribution < 1.29 is 28.0 Å². The zero-order chi connectivity index (χ0) is 29.4. The van der Waals surface area contributed by atoms with Gasteiger partial charge in [0.25, 0.3) is 0 Å². The number of rotatable bonds is 7. The second-order valence-corrected chi connectivity index (χ2v) is 11.9. The molecule has 1 aliphatic heterocycles. The van der Waals surface area contributed by atoms with Gasteiger partial charge in [-0.05, 0) is 36.1 Å². The van der Waals surface area contributed by atoms with Gasteiger partial charge in [-0.25, -0.2) is 8.78 Å². The van der Waals surface area contributed by atoms with Crippen molar-refractivity contribution in [2.24, 2.45) is 5.92 Å². The Hall–Kier alpha value is -3.59. The van der Waals surface area contributed by atoms with Gasteiger partial charge in [-0.15, -0.1) is 0 Å². The minimum atomic E-state index is -0.858. The van der Waals surface area contributed by atoms with Crippen molar-refractivity contribution in [2.45, 2.75) is 77.5 Å². The minimum Gasteiger partial charge on any atom is -0.391 e. The Morgan fingerprint density at radius 2 is 1.70 bits per heavy atom. The maximum absolute atomic E-state index is 14.2. The summed E-state index contributed by atoms with van der Waals surface area (Å²) in [5.41, 5.74) is 1.48. The van der Waals surface area contributed by atoms with Crippen LogP contribution in [0.4, 0.5) is 8.78 Å². The molecular formula is C31H37F2N3O4. The number of amides is 2. The summed E-state index contributed by atoms with van der Waals surface area (Å²) >= 11 is 0. The van der Waals surface area contributed by atoms with Gasteiger partial charge in [0.05, 0.1) is 23.4 Å². The van der Waals surface area contributed by atoms with Crippen molar-refractivity contribution in [3.8, 4) is 11.1 Å². The van der Waals surface area contributed by atoms with Crippen LogP contribution < -0.4 is 5.32 Å². The highest BCUT2D eigenvalue weighted by molar-refractivity contribution is 5.91. The van der Waals surface area contributed by atoms with Gasteiger partial charge in [0.1, 0.15) is 29.4 Å². The zero-order valence-electron chi connectivity index (χ0n) is 23.7. The van der Waals surface area contributed by atoms with Crippen LogP contribution in [0.15, 0.2) is 53.1 Å². The number of carbonyl (C=O) groups excluding carboxylic acids is 2. The molecule has 3 aromatic rings. The highest BCUT2D eigenvalue weighted by atomic mass is 19.1. The van der Waals surface area contributed by atoms with Crippen LogP contribution in [-0.2, 0) is 15.0 Å². The number of aliphatic hydroxyl groups is 1. The number of nitrogens with zero attached hydrogens (tertiary/aromatic N) is 2. The molecule has 2 heterocycles. The molecule has 0 spiro atoms. The van der Waals surface area contributed by atoms with Crippen LogP contribution in [0.2, 0.25) is 0 Å². The smallest absolute Gasteiger partial charge is 0.243 e. The molecule has 4 rings (SSSR count). The van der Waals surface area contributed by atoms with Gasteiger partial charge in [0.2, 0.25) is 11.8 Å². The monoisotopic (exact) mass is 553 g/mol. The third kappa shape index (κ3) is 6.09. The van der Waals surface area contributed by atoms with E-state index in [1.165, 1.54) is 23.1 Å². The molecule has 4 atom stereocenters. The molecule has 0 bridgehead atoms. The molecule has 2 aromatic carbocycles. The Morgan fingerprint density at radius 3 is 2.25 bits per heavy atom. The lowest BCUT2D eigenvalue weighted by Crippen LogP contribution is -2.48. The fraction of sp³-hybridized carbons (Fsp3) is 0.452. The van der Waals surface area contributed by atoms with E-state index in [2.05, 4.69) is 10.5 Å².